The first-order valence-electron chi connectivity index (χ1n) is 6.93. The van der Waals surface area contributed by atoms with Gasteiger partial charge in [-0.15, -0.1) is 5.10 Å². The molecule has 0 amide bonds. The van der Waals surface area contributed by atoms with E-state index in [9.17, 15) is 4.79 Å². The molecule has 2 aromatic carbocycles. The predicted octanol–water partition coefficient (Wildman–Crippen LogP) is 3.75. The number of rotatable bonds is 2. The molecule has 0 unspecified atom stereocenters. The summed E-state index contributed by atoms with van der Waals surface area (Å²) in [7, 11) is 1.57. The second-order valence-electron chi connectivity index (χ2n) is 5.04. The molecular weight excluding hydrogens is 316 g/mol. The summed E-state index contributed by atoms with van der Waals surface area (Å²) >= 11 is 5.88. The first-order chi connectivity index (χ1) is 11.2. The van der Waals surface area contributed by atoms with Crippen LogP contribution in [0.2, 0.25) is 5.02 Å². The fourth-order valence-electron chi connectivity index (χ4n) is 2.52. The number of para-hydroxylation sites is 1. The minimum Gasteiger partial charge on any atom is -0.493 e. The van der Waals surface area contributed by atoms with E-state index in [-0.39, 0.29) is 11.4 Å². The first-order valence-corrected chi connectivity index (χ1v) is 7.31. The lowest BCUT2D eigenvalue weighted by atomic mass is 10.1. The molecule has 2 aromatic rings. The van der Waals surface area contributed by atoms with Crippen LogP contribution in [-0.4, -0.2) is 16.9 Å². The molecular formula is C17H11ClN2O3. The highest BCUT2D eigenvalue weighted by Crippen LogP contribution is 2.31. The summed E-state index contributed by atoms with van der Waals surface area (Å²) in [6.45, 7) is 0. The van der Waals surface area contributed by atoms with Gasteiger partial charge < -0.3 is 9.15 Å². The van der Waals surface area contributed by atoms with Crippen molar-refractivity contribution in [2.24, 2.45) is 0 Å². The van der Waals surface area contributed by atoms with Crippen molar-refractivity contribution in [1.82, 2.24) is 9.78 Å². The molecule has 0 saturated heterocycles. The second kappa shape index (κ2) is 5.14. The van der Waals surface area contributed by atoms with Crippen LogP contribution in [0, 0.1) is 0 Å². The zero-order valence-corrected chi connectivity index (χ0v) is 12.9. The summed E-state index contributed by atoms with van der Waals surface area (Å²) in [4.78, 5) is 12.6. The maximum Gasteiger partial charge on any atom is 0.284 e. The topological polar surface area (TPSA) is 57.3 Å². The van der Waals surface area contributed by atoms with Crippen molar-refractivity contribution in [1.29, 1.82) is 0 Å². The summed E-state index contributed by atoms with van der Waals surface area (Å²) in [6.07, 6.45) is 0. The van der Waals surface area contributed by atoms with Crippen molar-refractivity contribution in [3.63, 3.8) is 0 Å². The highest BCUT2D eigenvalue weighted by atomic mass is 35.5. The smallest absolute Gasteiger partial charge is 0.284 e. The minimum atomic E-state index is -0.240. The molecule has 2 aliphatic heterocycles. The Bertz CT molecular complexity index is 1030. The number of benzene rings is 2. The number of hydrogen-bond donors (Lipinski definition) is 0. The third kappa shape index (κ3) is 2.17. The Morgan fingerprint density at radius 3 is 2.70 bits per heavy atom. The lowest BCUT2D eigenvalue weighted by Gasteiger charge is -2.04. The molecule has 6 heteroatoms. The summed E-state index contributed by atoms with van der Waals surface area (Å²) in [5, 5.41) is 5.65. The molecule has 5 nitrogen and oxygen atoms in total. The standard InChI is InChI=1S/C17H11ClN2O3/c1-22-14-4-2-3-10-9-13-16(23-15(10)14)19-20(17(13)21)12-7-5-11(18)6-8-12/h2-9H,1H3. The summed E-state index contributed by atoms with van der Waals surface area (Å²) in [5.41, 5.74) is 1.36. The molecule has 0 radical (unpaired) electrons. The van der Waals surface area contributed by atoms with Crippen molar-refractivity contribution >= 4 is 22.6 Å². The van der Waals surface area contributed by atoms with E-state index in [1.54, 1.807) is 43.5 Å². The number of fused-ring (bicyclic) bond motifs is 2. The van der Waals surface area contributed by atoms with Gasteiger partial charge in [0.25, 0.3) is 5.56 Å². The summed E-state index contributed by atoms with van der Waals surface area (Å²) in [6, 6.07) is 14.1. The average Bonchev–Trinajstić information content (AvgIpc) is 2.89. The van der Waals surface area contributed by atoms with Crippen molar-refractivity contribution in [2.45, 2.75) is 0 Å². The Morgan fingerprint density at radius 2 is 1.96 bits per heavy atom. The van der Waals surface area contributed by atoms with Gasteiger partial charge >= 0.3 is 0 Å². The number of nitrogens with zero attached hydrogens (tertiary/aromatic N) is 2. The van der Waals surface area contributed by atoms with Gasteiger partial charge in [0.15, 0.2) is 11.3 Å². The lowest BCUT2D eigenvalue weighted by molar-refractivity contribution is 0.409. The van der Waals surface area contributed by atoms with E-state index < -0.39 is 0 Å². The van der Waals surface area contributed by atoms with Gasteiger partial charge in [0.05, 0.1) is 12.8 Å². The summed E-state index contributed by atoms with van der Waals surface area (Å²) in [5.74, 6) is 0.861. The maximum atomic E-state index is 12.6. The molecule has 0 atom stereocenters. The van der Waals surface area contributed by atoms with E-state index in [0.717, 1.165) is 5.39 Å². The molecule has 114 valence electrons. The SMILES string of the molecule is COc1cccc2cc3c(=O)n(-c4ccc(Cl)cc4)nc-3oc12. The first kappa shape index (κ1) is 13.8. The predicted molar refractivity (Wildman–Crippen MR) is 87.8 cm³/mol. The van der Waals surface area contributed by atoms with Crippen LogP contribution in [-0.2, 0) is 0 Å². The molecule has 0 fully saturated rings. The number of ether oxygens (including phenoxy) is 1. The van der Waals surface area contributed by atoms with E-state index in [1.807, 2.05) is 12.1 Å². The van der Waals surface area contributed by atoms with Crippen molar-refractivity contribution in [3.05, 3.63) is 63.9 Å². The average molecular weight is 327 g/mol. The van der Waals surface area contributed by atoms with E-state index in [2.05, 4.69) is 5.10 Å². The van der Waals surface area contributed by atoms with Gasteiger partial charge in [-0.2, -0.15) is 4.68 Å². The Kier molecular flexibility index (Phi) is 3.09. The molecule has 0 saturated carbocycles. The van der Waals surface area contributed by atoms with Gasteiger partial charge in [-0.1, -0.05) is 23.7 Å². The van der Waals surface area contributed by atoms with Crippen LogP contribution in [0.4, 0.5) is 0 Å². The summed E-state index contributed by atoms with van der Waals surface area (Å²) < 4.78 is 12.4. The molecule has 0 aromatic heterocycles. The Hall–Kier alpha value is -2.79. The number of methoxy groups -OCH3 is 1. The Labute approximate surface area is 136 Å². The molecule has 0 spiro atoms. The molecule has 23 heavy (non-hydrogen) atoms. The number of aromatic nitrogens is 2. The van der Waals surface area contributed by atoms with Crippen LogP contribution in [0.25, 0.3) is 28.1 Å². The van der Waals surface area contributed by atoms with Gasteiger partial charge in [-0.25, -0.2) is 0 Å². The van der Waals surface area contributed by atoms with Crippen LogP contribution in [0.5, 0.6) is 5.75 Å². The van der Waals surface area contributed by atoms with E-state index in [4.69, 9.17) is 20.8 Å². The Morgan fingerprint density at radius 1 is 1.17 bits per heavy atom. The van der Waals surface area contributed by atoms with Crippen molar-refractivity contribution in [3.8, 4) is 22.9 Å². The third-order valence-corrected chi connectivity index (χ3v) is 3.90. The fraction of sp³-hybridized carbons (Fsp3) is 0.0588. The monoisotopic (exact) mass is 326 g/mol. The normalized spacial score (nSPS) is 11.2. The van der Waals surface area contributed by atoms with Crippen LogP contribution >= 0.6 is 11.6 Å². The van der Waals surface area contributed by atoms with Crippen LogP contribution in [0.3, 0.4) is 0 Å². The minimum absolute atomic E-state index is 0.240. The second-order valence-corrected chi connectivity index (χ2v) is 5.47. The molecule has 0 N–H and O–H groups in total. The van der Waals surface area contributed by atoms with Crippen LogP contribution < -0.4 is 10.3 Å². The maximum absolute atomic E-state index is 12.6. The Balaban J connectivity index is 2.01. The highest BCUT2D eigenvalue weighted by Gasteiger charge is 2.20. The van der Waals surface area contributed by atoms with Gasteiger partial charge in [-0.05, 0) is 36.4 Å². The third-order valence-electron chi connectivity index (χ3n) is 3.64. The van der Waals surface area contributed by atoms with E-state index in [0.29, 0.717) is 27.6 Å². The van der Waals surface area contributed by atoms with Crippen molar-refractivity contribution in [2.75, 3.05) is 7.11 Å². The van der Waals surface area contributed by atoms with E-state index >= 15 is 0 Å². The zero-order chi connectivity index (χ0) is 16.0. The van der Waals surface area contributed by atoms with Crippen molar-refractivity contribution < 1.29 is 9.15 Å². The molecule has 2 aliphatic rings. The quantitative estimate of drug-likeness (QED) is 0.563. The largest absolute Gasteiger partial charge is 0.493 e. The zero-order valence-electron chi connectivity index (χ0n) is 12.1. The molecule has 0 aliphatic carbocycles. The van der Waals surface area contributed by atoms with Gasteiger partial charge in [-0.3, -0.25) is 4.79 Å². The molecule has 4 rings (SSSR count). The lowest BCUT2D eigenvalue weighted by Crippen LogP contribution is -2.14. The van der Waals surface area contributed by atoms with Gasteiger partial charge in [0.2, 0.25) is 5.89 Å². The molecule has 2 heterocycles. The van der Waals surface area contributed by atoms with Gasteiger partial charge in [0, 0.05) is 10.4 Å². The van der Waals surface area contributed by atoms with Crippen LogP contribution in [0.15, 0.2) is 57.7 Å². The van der Waals surface area contributed by atoms with Crippen LogP contribution in [0.1, 0.15) is 0 Å². The van der Waals surface area contributed by atoms with Gasteiger partial charge in [0.1, 0.15) is 5.56 Å². The van der Waals surface area contributed by atoms with E-state index in [1.165, 1.54) is 4.68 Å². The fourth-order valence-corrected chi connectivity index (χ4v) is 2.65. The highest BCUT2D eigenvalue weighted by molar-refractivity contribution is 6.30. The molecule has 0 bridgehead atoms. The number of hydrogen-bond acceptors (Lipinski definition) is 4. The number of halogens is 1.